The molecule has 1 aliphatic rings. The second-order valence-corrected chi connectivity index (χ2v) is 7.35. The van der Waals surface area contributed by atoms with Gasteiger partial charge in [0.15, 0.2) is 0 Å². The van der Waals surface area contributed by atoms with E-state index in [-0.39, 0.29) is 39.5 Å². The van der Waals surface area contributed by atoms with E-state index in [9.17, 15) is 24.0 Å². The Morgan fingerprint density at radius 1 is 0.441 bits per heavy atom. The first-order valence-electron chi connectivity index (χ1n) is 11.5. The fourth-order valence-electron chi connectivity index (χ4n) is 2.68. The number of urea groups is 1. The van der Waals surface area contributed by atoms with Crippen molar-refractivity contribution in [3.05, 3.63) is 24.3 Å². The maximum absolute atomic E-state index is 11.6. The van der Waals surface area contributed by atoms with Gasteiger partial charge in [0.2, 0.25) is 0 Å². The molecule has 11 nitrogen and oxygen atoms in total. The standard InChI is InChI=1S/C23H34N2O9/c26-19-9-11-21(28)33-17-7-13-24-23(30)25-14-8-18-34-22(29)12-10-20(27)32-16-6-4-2-1-3-5-15-31-19/h9-12H,1-8,13-18H2,(H2,24,25,30)/b11-9-,12-10-. The predicted molar refractivity (Wildman–Crippen MR) is 120 cm³/mol. The summed E-state index contributed by atoms with van der Waals surface area (Å²) in [6.07, 6.45) is 9.95. The second kappa shape index (κ2) is 19.1. The summed E-state index contributed by atoms with van der Waals surface area (Å²) in [7, 11) is 0. The van der Waals surface area contributed by atoms with E-state index in [0.29, 0.717) is 25.7 Å². The van der Waals surface area contributed by atoms with Crippen LogP contribution in [0, 0.1) is 0 Å². The molecule has 0 saturated heterocycles. The van der Waals surface area contributed by atoms with Gasteiger partial charge in [-0.15, -0.1) is 0 Å². The molecule has 0 fully saturated rings. The molecule has 34 heavy (non-hydrogen) atoms. The molecule has 0 saturated carbocycles. The number of amides is 2. The molecule has 0 spiro atoms. The molecule has 2 N–H and O–H groups in total. The van der Waals surface area contributed by atoms with Gasteiger partial charge in [-0.2, -0.15) is 0 Å². The van der Waals surface area contributed by atoms with Crippen LogP contribution in [0.4, 0.5) is 4.79 Å². The lowest BCUT2D eigenvalue weighted by atomic mass is 10.1. The first kappa shape index (κ1) is 28.7. The topological polar surface area (TPSA) is 146 Å². The van der Waals surface area contributed by atoms with E-state index in [2.05, 4.69) is 10.6 Å². The zero-order valence-electron chi connectivity index (χ0n) is 19.4. The molecule has 1 heterocycles. The third-order valence-corrected chi connectivity index (χ3v) is 4.44. The Morgan fingerprint density at radius 2 is 0.735 bits per heavy atom. The Bertz CT molecular complexity index is 661. The molecule has 0 radical (unpaired) electrons. The lowest BCUT2D eigenvalue weighted by molar-refractivity contribution is -0.140. The summed E-state index contributed by atoms with van der Waals surface area (Å²) in [6.45, 7) is 1.24. The molecular weight excluding hydrogens is 448 g/mol. The molecule has 1 rings (SSSR count). The normalized spacial score (nSPS) is 22.1. The SMILES string of the molecule is O=C1NCCCOC(=O)/C=C\C(=O)OCCCCCCCCOC(=O)/C=C\C(=O)OCCCN1. The van der Waals surface area contributed by atoms with Crippen molar-refractivity contribution in [2.75, 3.05) is 39.5 Å². The van der Waals surface area contributed by atoms with Gasteiger partial charge in [0.05, 0.1) is 26.4 Å². The van der Waals surface area contributed by atoms with E-state index < -0.39 is 29.9 Å². The van der Waals surface area contributed by atoms with Crippen molar-refractivity contribution in [3.63, 3.8) is 0 Å². The summed E-state index contributed by atoms with van der Waals surface area (Å²) in [4.78, 5) is 58.0. The van der Waals surface area contributed by atoms with Crippen LogP contribution in [0.3, 0.4) is 0 Å². The van der Waals surface area contributed by atoms with E-state index in [4.69, 9.17) is 18.9 Å². The van der Waals surface area contributed by atoms with Crippen molar-refractivity contribution in [1.29, 1.82) is 0 Å². The van der Waals surface area contributed by atoms with Gasteiger partial charge in [0.25, 0.3) is 0 Å². The number of esters is 4. The highest BCUT2D eigenvalue weighted by molar-refractivity contribution is 5.92. The van der Waals surface area contributed by atoms with E-state index in [1.807, 2.05) is 0 Å². The number of nitrogens with one attached hydrogen (secondary N) is 2. The van der Waals surface area contributed by atoms with Gasteiger partial charge in [-0.1, -0.05) is 25.7 Å². The minimum absolute atomic E-state index is 0.0789. The first-order chi connectivity index (χ1) is 16.5. The summed E-state index contributed by atoms with van der Waals surface area (Å²) in [5.41, 5.74) is 0. The van der Waals surface area contributed by atoms with E-state index >= 15 is 0 Å². The van der Waals surface area contributed by atoms with Gasteiger partial charge in [0.1, 0.15) is 0 Å². The second-order valence-electron chi connectivity index (χ2n) is 7.35. The average Bonchev–Trinajstić information content (AvgIpc) is 2.81. The summed E-state index contributed by atoms with van der Waals surface area (Å²) in [6, 6.07) is -0.410. The summed E-state index contributed by atoms with van der Waals surface area (Å²) >= 11 is 0. The van der Waals surface area contributed by atoms with E-state index in [0.717, 1.165) is 50.0 Å². The Labute approximate surface area is 199 Å². The van der Waals surface area contributed by atoms with Crippen LogP contribution in [-0.2, 0) is 38.1 Å². The molecule has 0 aromatic heterocycles. The Balaban J connectivity index is 2.40. The number of hydrogen-bond donors (Lipinski definition) is 2. The van der Waals surface area contributed by atoms with Gasteiger partial charge in [0, 0.05) is 37.4 Å². The number of ether oxygens (including phenoxy) is 4. The van der Waals surface area contributed by atoms with Crippen LogP contribution in [-0.4, -0.2) is 69.4 Å². The molecule has 190 valence electrons. The zero-order valence-corrected chi connectivity index (χ0v) is 19.4. The third-order valence-electron chi connectivity index (χ3n) is 4.44. The Morgan fingerprint density at radius 3 is 1.09 bits per heavy atom. The van der Waals surface area contributed by atoms with E-state index in [1.54, 1.807) is 0 Å². The number of carbonyl (C=O) groups is 5. The number of carbonyl (C=O) groups excluding carboxylic acids is 5. The quantitative estimate of drug-likeness (QED) is 0.389. The van der Waals surface area contributed by atoms with Crippen LogP contribution in [0.1, 0.15) is 51.4 Å². The molecule has 11 heteroatoms. The van der Waals surface area contributed by atoms with Crippen LogP contribution >= 0.6 is 0 Å². The van der Waals surface area contributed by atoms with Crippen molar-refractivity contribution < 1.29 is 42.9 Å². The molecule has 0 bridgehead atoms. The molecule has 0 aliphatic carbocycles. The van der Waals surface area contributed by atoms with Crippen molar-refractivity contribution >= 4 is 29.9 Å². The molecule has 0 aromatic rings. The summed E-state index contributed by atoms with van der Waals surface area (Å²) in [5.74, 6) is -2.55. The fourth-order valence-corrected chi connectivity index (χ4v) is 2.68. The van der Waals surface area contributed by atoms with Crippen LogP contribution in [0.15, 0.2) is 24.3 Å². The maximum Gasteiger partial charge on any atom is 0.331 e. The molecule has 1 aliphatic heterocycles. The van der Waals surface area contributed by atoms with Gasteiger partial charge in [-0.25, -0.2) is 24.0 Å². The predicted octanol–water partition coefficient (Wildman–Crippen LogP) is 1.71. The molecular formula is C23H34N2O9. The highest BCUT2D eigenvalue weighted by atomic mass is 16.5. The average molecular weight is 483 g/mol. The number of cyclic esters (lactones) is 4. The van der Waals surface area contributed by atoms with Crippen molar-refractivity contribution in [2.24, 2.45) is 0 Å². The maximum atomic E-state index is 11.6. The zero-order chi connectivity index (χ0) is 24.9. The summed E-state index contributed by atoms with van der Waals surface area (Å²) < 4.78 is 19.9. The minimum atomic E-state index is -0.666. The monoisotopic (exact) mass is 482 g/mol. The van der Waals surface area contributed by atoms with Crippen molar-refractivity contribution in [3.8, 4) is 0 Å². The van der Waals surface area contributed by atoms with Crippen LogP contribution in [0.5, 0.6) is 0 Å². The smallest absolute Gasteiger partial charge is 0.331 e. The highest BCUT2D eigenvalue weighted by Gasteiger charge is 2.04. The number of rotatable bonds is 0. The largest absolute Gasteiger partial charge is 0.463 e. The van der Waals surface area contributed by atoms with Gasteiger partial charge in [-0.3, -0.25) is 0 Å². The third kappa shape index (κ3) is 17.2. The Kier molecular flexibility index (Phi) is 16.1. The van der Waals surface area contributed by atoms with Gasteiger partial charge in [-0.05, 0) is 25.7 Å². The van der Waals surface area contributed by atoms with Crippen molar-refractivity contribution in [1.82, 2.24) is 10.6 Å². The van der Waals surface area contributed by atoms with Gasteiger partial charge >= 0.3 is 29.9 Å². The van der Waals surface area contributed by atoms with Crippen molar-refractivity contribution in [2.45, 2.75) is 51.4 Å². The summed E-state index contributed by atoms with van der Waals surface area (Å²) in [5, 5.41) is 5.18. The molecule has 0 unspecified atom stereocenters. The van der Waals surface area contributed by atoms with E-state index in [1.165, 1.54) is 0 Å². The lowest BCUT2D eigenvalue weighted by Crippen LogP contribution is -2.37. The lowest BCUT2D eigenvalue weighted by Gasteiger charge is -2.08. The van der Waals surface area contributed by atoms with Crippen LogP contribution in [0.25, 0.3) is 0 Å². The van der Waals surface area contributed by atoms with Gasteiger partial charge < -0.3 is 29.6 Å². The fraction of sp³-hybridized carbons (Fsp3) is 0.609. The minimum Gasteiger partial charge on any atom is -0.463 e. The highest BCUT2D eigenvalue weighted by Crippen LogP contribution is 2.06. The van der Waals surface area contributed by atoms with Crippen LogP contribution < -0.4 is 10.6 Å². The Hall–Kier alpha value is -3.37. The van der Waals surface area contributed by atoms with Crippen LogP contribution in [0.2, 0.25) is 0 Å². The number of hydrogen-bond acceptors (Lipinski definition) is 9. The molecule has 0 atom stereocenters. The molecule has 2 amide bonds. The first-order valence-corrected chi connectivity index (χ1v) is 11.5. The molecule has 0 aromatic carbocycles.